The molecule has 0 fully saturated rings. The number of carbonyl (C=O) groups is 1. The molecule has 0 aromatic carbocycles. The van der Waals surface area contributed by atoms with E-state index in [-0.39, 0.29) is 11.4 Å². The summed E-state index contributed by atoms with van der Waals surface area (Å²) in [5.74, 6) is -1.03. The second kappa shape index (κ2) is 3.87. The topological polar surface area (TPSA) is 89.8 Å². The summed E-state index contributed by atoms with van der Waals surface area (Å²) in [5.41, 5.74) is 1.52. The van der Waals surface area contributed by atoms with Crippen molar-refractivity contribution in [3.8, 4) is 17.3 Å². The highest BCUT2D eigenvalue weighted by Gasteiger charge is 2.10. The van der Waals surface area contributed by atoms with Gasteiger partial charge in [0.15, 0.2) is 0 Å². The van der Waals surface area contributed by atoms with Gasteiger partial charge in [-0.25, -0.2) is 9.78 Å². The quantitative estimate of drug-likeness (QED) is 0.793. The zero-order valence-electron chi connectivity index (χ0n) is 8.14. The molecule has 0 aliphatic rings. The molecule has 2 heterocycles. The van der Waals surface area contributed by atoms with Crippen molar-refractivity contribution >= 4 is 5.97 Å². The van der Waals surface area contributed by atoms with Crippen molar-refractivity contribution in [1.29, 1.82) is 5.26 Å². The van der Waals surface area contributed by atoms with Crippen LogP contribution in [0.15, 0.2) is 30.5 Å². The van der Waals surface area contributed by atoms with Crippen LogP contribution in [0.4, 0.5) is 0 Å². The molecule has 0 spiro atoms. The number of rotatable bonds is 2. The fourth-order valence-electron chi connectivity index (χ4n) is 1.39. The average molecular weight is 213 g/mol. The van der Waals surface area contributed by atoms with Gasteiger partial charge in [0.1, 0.15) is 17.5 Å². The summed E-state index contributed by atoms with van der Waals surface area (Å²) in [7, 11) is 0. The highest BCUT2D eigenvalue weighted by atomic mass is 16.4. The summed E-state index contributed by atoms with van der Waals surface area (Å²) in [6.45, 7) is 0. The lowest BCUT2D eigenvalue weighted by Crippen LogP contribution is -1.96. The minimum absolute atomic E-state index is 0.0859. The Morgan fingerprint density at radius 3 is 2.88 bits per heavy atom. The van der Waals surface area contributed by atoms with Crippen molar-refractivity contribution in [3.05, 3.63) is 41.9 Å². The van der Waals surface area contributed by atoms with E-state index >= 15 is 0 Å². The fraction of sp³-hybridized carbons (Fsp3) is 0. The maximum Gasteiger partial charge on any atom is 0.352 e. The summed E-state index contributed by atoms with van der Waals surface area (Å²) < 4.78 is 0. The number of aromatic amines is 1. The normalized spacial score (nSPS) is 9.69. The number of hydrogen-bond donors (Lipinski definition) is 2. The number of H-pyrrole nitrogens is 1. The Hall–Kier alpha value is -2.61. The van der Waals surface area contributed by atoms with E-state index in [1.165, 1.54) is 12.3 Å². The third-order valence-electron chi connectivity index (χ3n) is 2.12. The Kier molecular flexibility index (Phi) is 2.40. The molecule has 0 radical (unpaired) electrons. The number of nitrogens with one attached hydrogen (secondary N) is 1. The predicted octanol–water partition coefficient (Wildman–Crippen LogP) is 1.65. The van der Waals surface area contributed by atoms with Gasteiger partial charge in [-0.05, 0) is 24.3 Å². The summed E-state index contributed by atoms with van der Waals surface area (Å²) >= 11 is 0. The van der Waals surface area contributed by atoms with E-state index in [1.54, 1.807) is 18.2 Å². The lowest BCUT2D eigenvalue weighted by Gasteiger charge is -1.99. The standard InChI is InChI=1S/C11H7N3O2/c12-6-10-7(2-1-5-13-10)8-3-4-9(14-8)11(15)16/h1-5,14H,(H,15,16). The van der Waals surface area contributed by atoms with Crippen molar-refractivity contribution < 1.29 is 9.90 Å². The van der Waals surface area contributed by atoms with E-state index in [0.29, 0.717) is 11.3 Å². The van der Waals surface area contributed by atoms with Crippen LogP contribution in [0, 0.1) is 11.3 Å². The van der Waals surface area contributed by atoms with Crippen LogP contribution in [0.3, 0.4) is 0 Å². The van der Waals surface area contributed by atoms with Gasteiger partial charge in [-0.3, -0.25) is 0 Å². The minimum Gasteiger partial charge on any atom is -0.477 e. The third kappa shape index (κ3) is 1.64. The molecular weight excluding hydrogens is 206 g/mol. The van der Waals surface area contributed by atoms with Gasteiger partial charge < -0.3 is 10.1 Å². The largest absolute Gasteiger partial charge is 0.477 e. The number of hydrogen-bond acceptors (Lipinski definition) is 3. The predicted molar refractivity (Wildman–Crippen MR) is 55.7 cm³/mol. The molecule has 0 amide bonds. The van der Waals surface area contributed by atoms with Crippen LogP contribution in [0.1, 0.15) is 16.2 Å². The second-order valence-electron chi connectivity index (χ2n) is 3.10. The average Bonchev–Trinajstić information content (AvgIpc) is 2.78. The SMILES string of the molecule is N#Cc1ncccc1-c1ccc(C(=O)O)[nH]1. The van der Waals surface area contributed by atoms with E-state index in [0.717, 1.165) is 0 Å². The first kappa shape index (κ1) is 9.93. The number of pyridine rings is 1. The smallest absolute Gasteiger partial charge is 0.352 e. The van der Waals surface area contributed by atoms with Crippen LogP contribution in [0.25, 0.3) is 11.3 Å². The highest BCUT2D eigenvalue weighted by molar-refractivity contribution is 5.87. The van der Waals surface area contributed by atoms with Crippen molar-refractivity contribution in [2.75, 3.05) is 0 Å². The number of nitrogens with zero attached hydrogens (tertiary/aromatic N) is 2. The second-order valence-corrected chi connectivity index (χ2v) is 3.10. The van der Waals surface area contributed by atoms with Crippen LogP contribution in [-0.2, 0) is 0 Å². The first-order valence-corrected chi connectivity index (χ1v) is 4.50. The number of aromatic carboxylic acids is 1. The molecule has 0 atom stereocenters. The van der Waals surface area contributed by atoms with E-state index in [1.807, 2.05) is 6.07 Å². The van der Waals surface area contributed by atoms with Crippen molar-refractivity contribution in [1.82, 2.24) is 9.97 Å². The molecule has 2 aromatic rings. The Balaban J connectivity index is 2.51. The lowest BCUT2D eigenvalue weighted by molar-refractivity contribution is 0.0691. The summed E-state index contributed by atoms with van der Waals surface area (Å²) in [6.07, 6.45) is 1.52. The molecule has 0 unspecified atom stereocenters. The molecule has 5 nitrogen and oxygen atoms in total. The molecule has 0 aliphatic carbocycles. The molecule has 0 saturated heterocycles. The molecule has 0 bridgehead atoms. The number of nitriles is 1. The van der Waals surface area contributed by atoms with Gasteiger partial charge in [0.05, 0.1) is 0 Å². The fourth-order valence-corrected chi connectivity index (χ4v) is 1.39. The summed E-state index contributed by atoms with van der Waals surface area (Å²) in [6, 6.07) is 8.42. The Labute approximate surface area is 91.0 Å². The molecule has 78 valence electrons. The zero-order chi connectivity index (χ0) is 11.5. The van der Waals surface area contributed by atoms with Crippen molar-refractivity contribution in [2.45, 2.75) is 0 Å². The van der Waals surface area contributed by atoms with Gasteiger partial charge in [0.2, 0.25) is 0 Å². The maximum absolute atomic E-state index is 10.7. The lowest BCUT2D eigenvalue weighted by atomic mass is 10.1. The maximum atomic E-state index is 10.7. The Morgan fingerprint density at radius 2 is 2.25 bits per heavy atom. The Bertz CT molecular complexity index is 581. The first-order valence-electron chi connectivity index (χ1n) is 4.50. The number of carboxylic acids is 1. The highest BCUT2D eigenvalue weighted by Crippen LogP contribution is 2.20. The molecule has 5 heteroatoms. The van der Waals surface area contributed by atoms with Crippen LogP contribution < -0.4 is 0 Å². The van der Waals surface area contributed by atoms with E-state index < -0.39 is 5.97 Å². The summed E-state index contributed by atoms with van der Waals surface area (Å²) in [5, 5.41) is 17.6. The molecule has 2 rings (SSSR count). The molecule has 0 aliphatic heterocycles. The summed E-state index contributed by atoms with van der Waals surface area (Å²) in [4.78, 5) is 17.3. The van der Waals surface area contributed by atoms with Gasteiger partial charge in [-0.15, -0.1) is 0 Å². The van der Waals surface area contributed by atoms with Crippen LogP contribution in [-0.4, -0.2) is 21.0 Å². The molecule has 16 heavy (non-hydrogen) atoms. The molecule has 2 N–H and O–H groups in total. The van der Waals surface area contributed by atoms with Crippen LogP contribution in [0.5, 0.6) is 0 Å². The van der Waals surface area contributed by atoms with E-state index in [9.17, 15) is 4.79 Å². The van der Waals surface area contributed by atoms with Gasteiger partial charge in [0, 0.05) is 17.5 Å². The van der Waals surface area contributed by atoms with Gasteiger partial charge in [-0.2, -0.15) is 5.26 Å². The monoisotopic (exact) mass is 213 g/mol. The van der Waals surface area contributed by atoms with Crippen LogP contribution in [0.2, 0.25) is 0 Å². The van der Waals surface area contributed by atoms with Crippen molar-refractivity contribution in [3.63, 3.8) is 0 Å². The van der Waals surface area contributed by atoms with E-state index in [2.05, 4.69) is 9.97 Å². The number of carboxylic acid groups (broad SMARTS) is 1. The van der Waals surface area contributed by atoms with Gasteiger partial charge in [-0.1, -0.05) is 0 Å². The zero-order valence-corrected chi connectivity index (χ0v) is 8.14. The molecule has 2 aromatic heterocycles. The number of aromatic nitrogens is 2. The molecular formula is C11H7N3O2. The van der Waals surface area contributed by atoms with Crippen molar-refractivity contribution in [2.24, 2.45) is 0 Å². The van der Waals surface area contributed by atoms with Gasteiger partial charge in [0.25, 0.3) is 0 Å². The third-order valence-corrected chi connectivity index (χ3v) is 2.12. The molecule has 0 saturated carbocycles. The van der Waals surface area contributed by atoms with Gasteiger partial charge >= 0.3 is 5.97 Å². The first-order chi connectivity index (χ1) is 7.72. The Morgan fingerprint density at radius 1 is 1.44 bits per heavy atom. The van der Waals surface area contributed by atoms with Crippen LogP contribution >= 0.6 is 0 Å². The van der Waals surface area contributed by atoms with E-state index in [4.69, 9.17) is 10.4 Å². The minimum atomic E-state index is -1.03.